The lowest BCUT2D eigenvalue weighted by molar-refractivity contribution is 0.1000. The van der Waals surface area contributed by atoms with E-state index in [1.807, 2.05) is 6.92 Å². The third kappa shape index (κ3) is 4.33. The molecule has 1 aliphatic carbocycles. The number of nitrogens with one attached hydrogen (secondary N) is 1. The molecule has 27 heavy (non-hydrogen) atoms. The van der Waals surface area contributed by atoms with Crippen molar-refractivity contribution in [1.29, 1.82) is 0 Å². The maximum absolute atomic E-state index is 12.6. The van der Waals surface area contributed by atoms with Gasteiger partial charge >= 0.3 is 0 Å². The Bertz CT molecular complexity index is 827. The maximum atomic E-state index is 12.6. The number of carbonyl (C=O) groups is 2. The number of nitrogens with two attached hydrogens (primary N) is 1. The molecule has 3 N–H and O–H groups in total. The molecule has 1 aliphatic rings. The highest BCUT2D eigenvalue weighted by molar-refractivity contribution is 7.17. The third-order valence-electron chi connectivity index (χ3n) is 4.97. The highest BCUT2D eigenvalue weighted by Gasteiger charge is 2.28. The molecule has 0 spiro atoms. The normalized spacial score (nSPS) is 15.9. The van der Waals surface area contributed by atoms with Gasteiger partial charge in [-0.15, -0.1) is 11.3 Å². The van der Waals surface area contributed by atoms with Gasteiger partial charge in [-0.3, -0.25) is 9.59 Å². The molecule has 144 valence electrons. The molecule has 0 saturated heterocycles. The lowest BCUT2D eigenvalue weighted by Gasteiger charge is -2.21. The van der Waals surface area contributed by atoms with Gasteiger partial charge in [-0.25, -0.2) is 0 Å². The number of amides is 2. The number of anilines is 1. The zero-order valence-electron chi connectivity index (χ0n) is 15.8. The van der Waals surface area contributed by atoms with Crippen LogP contribution in [0.1, 0.15) is 64.3 Å². The van der Waals surface area contributed by atoms with Crippen LogP contribution in [-0.4, -0.2) is 18.4 Å². The summed E-state index contributed by atoms with van der Waals surface area (Å²) in [5.41, 5.74) is 7.68. The first-order chi connectivity index (χ1) is 13.0. The Morgan fingerprint density at radius 2 is 2.00 bits per heavy atom. The minimum absolute atomic E-state index is 0.246. The van der Waals surface area contributed by atoms with Crippen LogP contribution in [0.15, 0.2) is 24.3 Å². The topological polar surface area (TPSA) is 81.4 Å². The maximum Gasteiger partial charge on any atom is 0.256 e. The molecule has 1 aromatic carbocycles. The zero-order chi connectivity index (χ0) is 19.4. The van der Waals surface area contributed by atoms with Gasteiger partial charge in [-0.05, 0) is 61.9 Å². The summed E-state index contributed by atoms with van der Waals surface area (Å²) in [4.78, 5) is 25.9. The van der Waals surface area contributed by atoms with Crippen LogP contribution in [0.4, 0.5) is 5.00 Å². The lowest BCUT2D eigenvalue weighted by atomic mass is 9.84. The molecule has 0 saturated carbocycles. The van der Waals surface area contributed by atoms with E-state index in [2.05, 4.69) is 12.2 Å². The van der Waals surface area contributed by atoms with E-state index in [1.54, 1.807) is 24.3 Å². The number of rotatable bonds is 7. The molecule has 0 fully saturated rings. The Morgan fingerprint density at radius 1 is 1.26 bits per heavy atom. The second kappa shape index (κ2) is 8.57. The van der Waals surface area contributed by atoms with Crippen LogP contribution in [0.2, 0.25) is 0 Å². The largest absolute Gasteiger partial charge is 0.494 e. The van der Waals surface area contributed by atoms with Gasteiger partial charge in [0.1, 0.15) is 10.8 Å². The van der Waals surface area contributed by atoms with E-state index in [1.165, 1.54) is 22.6 Å². The quantitative estimate of drug-likeness (QED) is 0.740. The molecule has 2 amide bonds. The standard InChI is InChI=1S/C21H26N2O3S/c1-3-5-13-6-11-16-17(12-13)27-21(18(16)19(22)24)23-20(25)14-7-9-15(10-8-14)26-4-2/h7-10,13H,3-6,11-12H2,1-2H3,(H2,22,24)(H,23,25). The fourth-order valence-electron chi connectivity index (χ4n) is 3.70. The van der Waals surface area contributed by atoms with Crippen LogP contribution in [0.25, 0.3) is 0 Å². The number of hydrogen-bond donors (Lipinski definition) is 2. The van der Waals surface area contributed by atoms with E-state index >= 15 is 0 Å². The van der Waals surface area contributed by atoms with Crippen LogP contribution in [0.3, 0.4) is 0 Å². The Morgan fingerprint density at radius 3 is 2.63 bits per heavy atom. The molecule has 1 aromatic heterocycles. The second-order valence-corrected chi connectivity index (χ2v) is 7.99. The lowest BCUT2D eigenvalue weighted by Crippen LogP contribution is -2.20. The first kappa shape index (κ1) is 19.4. The van der Waals surface area contributed by atoms with E-state index in [9.17, 15) is 9.59 Å². The number of carbonyl (C=O) groups excluding carboxylic acids is 2. The van der Waals surface area contributed by atoms with E-state index in [0.29, 0.717) is 28.7 Å². The fourth-order valence-corrected chi connectivity index (χ4v) is 5.06. The molecule has 0 bridgehead atoms. The molecule has 5 nitrogen and oxygen atoms in total. The van der Waals surface area contributed by atoms with Crippen LogP contribution >= 0.6 is 11.3 Å². The summed E-state index contributed by atoms with van der Waals surface area (Å²) in [6.45, 7) is 4.68. The average Bonchev–Trinajstić information content (AvgIpc) is 3.00. The molecule has 0 aliphatic heterocycles. The van der Waals surface area contributed by atoms with Crippen molar-refractivity contribution >= 4 is 28.2 Å². The zero-order valence-corrected chi connectivity index (χ0v) is 16.7. The predicted molar refractivity (Wildman–Crippen MR) is 109 cm³/mol. The number of hydrogen-bond acceptors (Lipinski definition) is 4. The summed E-state index contributed by atoms with van der Waals surface area (Å²) in [5.74, 6) is 0.657. The first-order valence-corrected chi connectivity index (χ1v) is 10.3. The fraction of sp³-hybridized carbons (Fsp3) is 0.429. The average molecular weight is 387 g/mol. The van der Waals surface area contributed by atoms with Crippen molar-refractivity contribution < 1.29 is 14.3 Å². The van der Waals surface area contributed by atoms with E-state index in [-0.39, 0.29) is 5.91 Å². The summed E-state index contributed by atoms with van der Waals surface area (Å²) >= 11 is 1.50. The van der Waals surface area contributed by atoms with Crippen molar-refractivity contribution in [2.45, 2.75) is 46.0 Å². The van der Waals surface area contributed by atoms with Crippen molar-refractivity contribution in [1.82, 2.24) is 0 Å². The van der Waals surface area contributed by atoms with Gasteiger partial charge < -0.3 is 15.8 Å². The van der Waals surface area contributed by atoms with Crippen LogP contribution < -0.4 is 15.8 Å². The monoisotopic (exact) mass is 386 g/mol. The molecular formula is C21H26N2O3S. The van der Waals surface area contributed by atoms with Crippen molar-refractivity contribution in [3.05, 3.63) is 45.8 Å². The van der Waals surface area contributed by atoms with Crippen molar-refractivity contribution in [2.24, 2.45) is 11.7 Å². The van der Waals surface area contributed by atoms with Crippen molar-refractivity contribution in [2.75, 3.05) is 11.9 Å². The molecule has 3 rings (SSSR count). The molecule has 1 heterocycles. The van der Waals surface area contributed by atoms with Gasteiger partial charge in [-0.2, -0.15) is 0 Å². The molecule has 6 heteroatoms. The highest BCUT2D eigenvalue weighted by atomic mass is 32.1. The first-order valence-electron chi connectivity index (χ1n) is 9.52. The van der Waals surface area contributed by atoms with Gasteiger partial charge in [0.2, 0.25) is 0 Å². The van der Waals surface area contributed by atoms with E-state index in [0.717, 1.165) is 37.0 Å². The summed E-state index contributed by atoms with van der Waals surface area (Å²) in [5, 5.41) is 3.47. The number of primary amides is 1. The molecule has 2 aromatic rings. The van der Waals surface area contributed by atoms with Gasteiger partial charge in [0.25, 0.3) is 11.8 Å². The summed E-state index contributed by atoms with van der Waals surface area (Å²) < 4.78 is 5.40. The Kier molecular flexibility index (Phi) is 6.16. The highest BCUT2D eigenvalue weighted by Crippen LogP contribution is 2.40. The van der Waals surface area contributed by atoms with Crippen LogP contribution in [0.5, 0.6) is 5.75 Å². The molecule has 1 unspecified atom stereocenters. The summed E-state index contributed by atoms with van der Waals surface area (Å²) in [6.07, 6.45) is 5.25. The van der Waals surface area contributed by atoms with Crippen molar-refractivity contribution in [3.63, 3.8) is 0 Å². The predicted octanol–water partition coefficient (Wildman–Crippen LogP) is 4.40. The van der Waals surface area contributed by atoms with Gasteiger partial charge in [-0.1, -0.05) is 19.8 Å². The Balaban J connectivity index is 1.82. The van der Waals surface area contributed by atoms with Crippen LogP contribution in [-0.2, 0) is 12.8 Å². The number of benzene rings is 1. The Hall–Kier alpha value is -2.34. The summed E-state index contributed by atoms with van der Waals surface area (Å²) in [7, 11) is 0. The number of thiophene rings is 1. The van der Waals surface area contributed by atoms with Gasteiger partial charge in [0.05, 0.1) is 12.2 Å². The number of fused-ring (bicyclic) bond motifs is 1. The van der Waals surface area contributed by atoms with E-state index < -0.39 is 5.91 Å². The third-order valence-corrected chi connectivity index (χ3v) is 6.14. The van der Waals surface area contributed by atoms with Crippen molar-refractivity contribution in [3.8, 4) is 5.75 Å². The summed E-state index contributed by atoms with van der Waals surface area (Å²) in [6, 6.07) is 6.97. The van der Waals surface area contributed by atoms with Gasteiger partial charge in [0, 0.05) is 10.4 Å². The number of ether oxygens (including phenoxy) is 1. The molecular weight excluding hydrogens is 360 g/mol. The second-order valence-electron chi connectivity index (χ2n) is 6.88. The smallest absolute Gasteiger partial charge is 0.256 e. The minimum Gasteiger partial charge on any atom is -0.494 e. The Labute approximate surface area is 163 Å². The van der Waals surface area contributed by atoms with Gasteiger partial charge in [0.15, 0.2) is 0 Å². The minimum atomic E-state index is -0.469. The van der Waals surface area contributed by atoms with Crippen LogP contribution in [0, 0.1) is 5.92 Å². The van der Waals surface area contributed by atoms with E-state index in [4.69, 9.17) is 10.5 Å². The molecule has 1 atom stereocenters. The SMILES string of the molecule is CCCC1CCc2c(sc(NC(=O)c3ccc(OCC)cc3)c2C(N)=O)C1. The molecule has 0 radical (unpaired) electrons.